The maximum absolute atomic E-state index is 13.1. The second-order valence-corrected chi connectivity index (χ2v) is 9.54. The van der Waals surface area contributed by atoms with Gasteiger partial charge in [0.1, 0.15) is 17.2 Å². The van der Waals surface area contributed by atoms with Crippen LogP contribution in [0.25, 0.3) is 0 Å². The number of ether oxygens (including phenoxy) is 1. The predicted molar refractivity (Wildman–Crippen MR) is 114 cm³/mol. The molecule has 2 N–H and O–H groups in total. The maximum atomic E-state index is 13.1. The van der Waals surface area contributed by atoms with Crippen molar-refractivity contribution >= 4 is 17.5 Å². The van der Waals surface area contributed by atoms with E-state index in [9.17, 15) is 9.59 Å². The second kappa shape index (κ2) is 6.60. The largest absolute Gasteiger partial charge is 0.465 e. The van der Waals surface area contributed by atoms with Gasteiger partial charge < -0.3 is 24.7 Å². The molecular formula is C24H27N3O4. The van der Waals surface area contributed by atoms with Gasteiger partial charge in [-0.25, -0.2) is 0 Å². The Balaban J connectivity index is 1.14. The molecule has 1 atom stereocenters. The van der Waals surface area contributed by atoms with Crippen molar-refractivity contribution in [3.05, 3.63) is 53.0 Å². The average molecular weight is 421 g/mol. The number of benzene rings is 1. The molecule has 0 radical (unpaired) electrons. The van der Waals surface area contributed by atoms with Crippen molar-refractivity contribution in [2.75, 3.05) is 25.0 Å². The standard InChI is InChI=1S/C24H27N3O4/c1-15-18(12-20(31-15)16-6-7-16)22(29)27-10-8-23(9-11-27)13-24(14-30-23)25-19-5-3-2-4-17(19)21(28)26-24/h2-5,12,16,25H,6-11,13-14H2,1H3,(H,26,28). The highest BCUT2D eigenvalue weighted by molar-refractivity contribution is 6.02. The monoisotopic (exact) mass is 421 g/mol. The fourth-order valence-corrected chi connectivity index (χ4v) is 5.35. The van der Waals surface area contributed by atoms with Crippen LogP contribution in [0.1, 0.15) is 70.3 Å². The van der Waals surface area contributed by atoms with Gasteiger partial charge in [-0.15, -0.1) is 0 Å². The summed E-state index contributed by atoms with van der Waals surface area (Å²) in [6.07, 6.45) is 4.51. The molecule has 4 heterocycles. The van der Waals surface area contributed by atoms with Gasteiger partial charge in [-0.2, -0.15) is 0 Å². The highest BCUT2D eigenvalue weighted by Gasteiger charge is 2.53. The smallest absolute Gasteiger partial charge is 0.257 e. The average Bonchev–Trinajstić information content (AvgIpc) is 3.47. The van der Waals surface area contributed by atoms with E-state index in [1.807, 2.05) is 42.2 Å². The number of fused-ring (bicyclic) bond motifs is 1. The molecule has 1 saturated carbocycles. The van der Waals surface area contributed by atoms with Crippen LogP contribution in [0.3, 0.4) is 0 Å². The Hall–Kier alpha value is -2.80. The van der Waals surface area contributed by atoms with E-state index in [-0.39, 0.29) is 17.4 Å². The van der Waals surface area contributed by atoms with Gasteiger partial charge in [0.2, 0.25) is 0 Å². The zero-order valence-electron chi connectivity index (χ0n) is 17.7. The van der Waals surface area contributed by atoms with Gasteiger partial charge >= 0.3 is 0 Å². The summed E-state index contributed by atoms with van der Waals surface area (Å²) < 4.78 is 12.1. The minimum atomic E-state index is -0.585. The molecule has 1 aromatic heterocycles. The van der Waals surface area contributed by atoms with E-state index in [1.54, 1.807) is 0 Å². The lowest BCUT2D eigenvalue weighted by Gasteiger charge is -2.41. The summed E-state index contributed by atoms with van der Waals surface area (Å²) in [4.78, 5) is 27.7. The third-order valence-corrected chi connectivity index (χ3v) is 7.26. The number of furan rings is 1. The Morgan fingerprint density at radius 3 is 2.71 bits per heavy atom. The van der Waals surface area contributed by atoms with E-state index in [0.29, 0.717) is 43.2 Å². The zero-order valence-corrected chi connectivity index (χ0v) is 17.7. The highest BCUT2D eigenvalue weighted by atomic mass is 16.5. The second-order valence-electron chi connectivity index (χ2n) is 9.54. The van der Waals surface area contributed by atoms with E-state index >= 15 is 0 Å². The van der Waals surface area contributed by atoms with E-state index in [1.165, 1.54) is 0 Å². The molecule has 162 valence electrons. The van der Waals surface area contributed by atoms with Crippen LogP contribution in [0.5, 0.6) is 0 Å². The van der Waals surface area contributed by atoms with Gasteiger partial charge in [0.05, 0.1) is 23.3 Å². The molecule has 6 rings (SSSR count). The van der Waals surface area contributed by atoms with Gasteiger partial charge in [-0.3, -0.25) is 9.59 Å². The summed E-state index contributed by atoms with van der Waals surface area (Å²) >= 11 is 0. The number of rotatable bonds is 2. The first-order chi connectivity index (χ1) is 15.0. The SMILES string of the molecule is Cc1oc(C2CC2)cc1C(=O)N1CCC2(CC1)CC1(CO2)NC(=O)c2ccccc2N1. The number of hydrogen-bond donors (Lipinski definition) is 2. The van der Waals surface area contributed by atoms with Crippen molar-refractivity contribution in [1.82, 2.24) is 10.2 Å². The molecule has 2 saturated heterocycles. The lowest BCUT2D eigenvalue weighted by molar-refractivity contribution is -0.0393. The number of carbonyl (C=O) groups is 2. The van der Waals surface area contributed by atoms with Crippen LogP contribution in [0.4, 0.5) is 5.69 Å². The minimum absolute atomic E-state index is 0.0498. The highest BCUT2D eigenvalue weighted by Crippen LogP contribution is 2.44. The van der Waals surface area contributed by atoms with Crippen molar-refractivity contribution in [3.63, 3.8) is 0 Å². The van der Waals surface area contributed by atoms with E-state index in [2.05, 4.69) is 10.6 Å². The van der Waals surface area contributed by atoms with E-state index in [4.69, 9.17) is 9.15 Å². The number of aryl methyl sites for hydroxylation is 1. The predicted octanol–water partition coefficient (Wildman–Crippen LogP) is 3.41. The quantitative estimate of drug-likeness (QED) is 0.776. The molecule has 0 bridgehead atoms. The molecule has 3 aliphatic heterocycles. The fourth-order valence-electron chi connectivity index (χ4n) is 5.35. The Morgan fingerprint density at radius 1 is 1.16 bits per heavy atom. The van der Waals surface area contributed by atoms with Crippen molar-refractivity contribution in [2.24, 2.45) is 0 Å². The first kappa shape index (κ1) is 18.9. The van der Waals surface area contributed by atoms with Crippen LogP contribution < -0.4 is 10.6 Å². The zero-order chi connectivity index (χ0) is 21.2. The van der Waals surface area contributed by atoms with Crippen LogP contribution in [0, 0.1) is 6.92 Å². The van der Waals surface area contributed by atoms with Crippen molar-refractivity contribution in [3.8, 4) is 0 Å². The van der Waals surface area contributed by atoms with Crippen molar-refractivity contribution in [1.29, 1.82) is 0 Å². The number of hydrogen-bond acceptors (Lipinski definition) is 5. The summed E-state index contributed by atoms with van der Waals surface area (Å²) in [5.74, 6) is 2.15. The summed E-state index contributed by atoms with van der Waals surface area (Å²) in [6.45, 7) is 3.59. The molecule has 1 unspecified atom stereocenters. The van der Waals surface area contributed by atoms with Gasteiger partial charge in [0.15, 0.2) is 0 Å². The van der Waals surface area contributed by atoms with Gasteiger partial charge in [-0.05, 0) is 50.8 Å². The molecule has 2 amide bonds. The lowest BCUT2D eigenvalue weighted by Crippen LogP contribution is -2.59. The Bertz CT molecular complexity index is 1060. The molecule has 31 heavy (non-hydrogen) atoms. The number of likely N-dealkylation sites (tertiary alicyclic amines) is 1. The summed E-state index contributed by atoms with van der Waals surface area (Å²) in [5, 5.41) is 6.65. The first-order valence-corrected chi connectivity index (χ1v) is 11.2. The van der Waals surface area contributed by atoms with Crippen molar-refractivity contribution < 1.29 is 18.7 Å². The molecule has 4 aliphatic rings. The third kappa shape index (κ3) is 3.14. The molecule has 7 nitrogen and oxygen atoms in total. The van der Waals surface area contributed by atoms with Crippen LogP contribution in [0.15, 0.2) is 34.7 Å². The topological polar surface area (TPSA) is 83.8 Å². The number of piperidine rings is 1. The number of para-hydroxylation sites is 1. The number of amides is 2. The van der Waals surface area contributed by atoms with E-state index in [0.717, 1.165) is 42.9 Å². The van der Waals surface area contributed by atoms with Gasteiger partial charge in [0, 0.05) is 31.1 Å². The number of carbonyl (C=O) groups excluding carboxylic acids is 2. The number of anilines is 1. The fraction of sp³-hybridized carbons (Fsp3) is 0.500. The Morgan fingerprint density at radius 2 is 1.94 bits per heavy atom. The summed E-state index contributed by atoms with van der Waals surface area (Å²) in [5.41, 5.74) is 1.29. The summed E-state index contributed by atoms with van der Waals surface area (Å²) in [7, 11) is 0. The molecule has 2 aromatic rings. The van der Waals surface area contributed by atoms with Gasteiger partial charge in [0.25, 0.3) is 11.8 Å². The normalized spacial score (nSPS) is 26.6. The maximum Gasteiger partial charge on any atom is 0.257 e. The molecule has 3 fully saturated rings. The lowest BCUT2D eigenvalue weighted by atomic mass is 9.84. The third-order valence-electron chi connectivity index (χ3n) is 7.26. The summed E-state index contributed by atoms with van der Waals surface area (Å²) in [6, 6.07) is 9.50. The van der Waals surface area contributed by atoms with Crippen LogP contribution in [-0.4, -0.2) is 47.7 Å². The Kier molecular flexibility index (Phi) is 4.03. The first-order valence-electron chi connectivity index (χ1n) is 11.2. The molecular weight excluding hydrogens is 394 g/mol. The van der Waals surface area contributed by atoms with Crippen LogP contribution in [-0.2, 0) is 4.74 Å². The van der Waals surface area contributed by atoms with E-state index < -0.39 is 5.66 Å². The van der Waals surface area contributed by atoms with Crippen LogP contribution >= 0.6 is 0 Å². The molecule has 2 spiro atoms. The van der Waals surface area contributed by atoms with Gasteiger partial charge in [-0.1, -0.05) is 12.1 Å². The molecule has 1 aromatic carbocycles. The Labute approximate surface area is 181 Å². The van der Waals surface area contributed by atoms with Crippen molar-refractivity contribution in [2.45, 2.75) is 56.2 Å². The molecule has 1 aliphatic carbocycles. The number of nitrogens with one attached hydrogen (secondary N) is 2. The number of nitrogens with zero attached hydrogens (tertiary/aromatic N) is 1. The minimum Gasteiger partial charge on any atom is -0.465 e. The molecule has 7 heteroatoms. The van der Waals surface area contributed by atoms with Crippen LogP contribution in [0.2, 0.25) is 0 Å².